The summed E-state index contributed by atoms with van der Waals surface area (Å²) < 4.78 is 11.1. The van der Waals surface area contributed by atoms with Gasteiger partial charge in [0.2, 0.25) is 5.91 Å². The van der Waals surface area contributed by atoms with Crippen LogP contribution in [0.5, 0.6) is 11.5 Å². The first-order valence-corrected chi connectivity index (χ1v) is 9.70. The molecular formula is C19H25ClN2O3. The lowest BCUT2D eigenvalue weighted by molar-refractivity contribution is -0.122. The maximum Gasteiger partial charge on any atom is 0.237 e. The number of hydrogen-bond acceptors (Lipinski definition) is 4. The second kappa shape index (κ2) is 7.42. The van der Waals surface area contributed by atoms with Crippen LogP contribution in [-0.4, -0.2) is 37.7 Å². The fraction of sp³-hybridized carbons (Fsp3) is 0.632. The Hall–Kier alpha value is -1.46. The normalized spacial score (nSPS) is 27.6. The molecule has 1 aromatic carbocycles. The van der Waals surface area contributed by atoms with E-state index in [0.29, 0.717) is 48.2 Å². The minimum atomic E-state index is -0.0306. The molecule has 0 radical (unpaired) electrons. The lowest BCUT2D eigenvalue weighted by Crippen LogP contribution is -2.43. The molecule has 3 aliphatic rings. The highest BCUT2D eigenvalue weighted by molar-refractivity contribution is 6.32. The van der Waals surface area contributed by atoms with E-state index in [1.54, 1.807) is 0 Å². The van der Waals surface area contributed by atoms with Gasteiger partial charge in [0.05, 0.1) is 11.1 Å². The number of hydrogen-bond donors (Lipinski definition) is 2. The number of amides is 1. The topological polar surface area (TPSA) is 59.6 Å². The van der Waals surface area contributed by atoms with Gasteiger partial charge >= 0.3 is 0 Å². The Bertz CT molecular complexity index is 638. The zero-order valence-corrected chi connectivity index (χ0v) is 15.1. The molecule has 1 aliphatic carbocycles. The minimum Gasteiger partial charge on any atom is -0.486 e. The summed E-state index contributed by atoms with van der Waals surface area (Å²) in [7, 11) is 0. The van der Waals surface area contributed by atoms with Crippen LogP contribution in [0.2, 0.25) is 5.02 Å². The summed E-state index contributed by atoms with van der Waals surface area (Å²) >= 11 is 6.26. The van der Waals surface area contributed by atoms with Crippen LogP contribution in [0.1, 0.15) is 37.7 Å². The van der Waals surface area contributed by atoms with Crippen LogP contribution in [0.25, 0.3) is 0 Å². The fourth-order valence-electron chi connectivity index (χ4n) is 4.28. The molecule has 0 aromatic heterocycles. The highest BCUT2D eigenvalue weighted by Crippen LogP contribution is 2.38. The zero-order valence-electron chi connectivity index (χ0n) is 14.4. The third-order valence-electron chi connectivity index (χ3n) is 5.55. The number of rotatable bonds is 4. The van der Waals surface area contributed by atoms with Gasteiger partial charge in [0.15, 0.2) is 11.5 Å². The molecule has 4 rings (SSSR count). The molecule has 1 saturated heterocycles. The van der Waals surface area contributed by atoms with Crippen LogP contribution in [-0.2, 0) is 11.2 Å². The maximum absolute atomic E-state index is 12.4. The molecule has 2 fully saturated rings. The quantitative estimate of drug-likeness (QED) is 0.862. The number of benzene rings is 1. The Balaban J connectivity index is 1.29. The van der Waals surface area contributed by atoms with Gasteiger partial charge in [-0.15, -0.1) is 0 Å². The lowest BCUT2D eigenvalue weighted by atomic mass is 9.85. The summed E-state index contributed by atoms with van der Waals surface area (Å²) in [6, 6.07) is 4.36. The van der Waals surface area contributed by atoms with Crippen LogP contribution in [0.15, 0.2) is 12.1 Å². The van der Waals surface area contributed by atoms with Crippen LogP contribution in [0.3, 0.4) is 0 Å². The first kappa shape index (κ1) is 17.0. The number of carbonyl (C=O) groups excluding carboxylic acids is 1. The predicted molar refractivity (Wildman–Crippen MR) is 96.4 cm³/mol. The van der Waals surface area contributed by atoms with Crippen molar-refractivity contribution < 1.29 is 14.3 Å². The number of halogens is 1. The molecule has 2 N–H and O–H groups in total. The highest BCUT2D eigenvalue weighted by Gasteiger charge is 2.37. The standard InChI is InChI=1S/C19H25ClN2O3/c20-14-9-12(10-17-18(14)25-8-7-24-17)5-6-21-19(23)16-11-13-3-1-2-4-15(13)22-16/h9-10,13,15-16,22H,1-8,11H2,(H,21,23). The summed E-state index contributed by atoms with van der Waals surface area (Å²) in [5.74, 6) is 2.12. The average molecular weight is 365 g/mol. The fourth-order valence-corrected chi connectivity index (χ4v) is 4.57. The van der Waals surface area contributed by atoms with Crippen molar-refractivity contribution in [1.29, 1.82) is 0 Å². The van der Waals surface area contributed by atoms with E-state index < -0.39 is 0 Å². The molecule has 136 valence electrons. The van der Waals surface area contributed by atoms with E-state index >= 15 is 0 Å². The summed E-state index contributed by atoms with van der Waals surface area (Å²) in [5.41, 5.74) is 1.04. The van der Waals surface area contributed by atoms with Gasteiger partial charge in [0.1, 0.15) is 13.2 Å². The molecule has 0 bridgehead atoms. The maximum atomic E-state index is 12.4. The summed E-state index contributed by atoms with van der Waals surface area (Å²) in [6.45, 7) is 1.67. The molecule has 1 aromatic rings. The van der Waals surface area contributed by atoms with Gasteiger partial charge in [-0.05, 0) is 49.3 Å². The zero-order chi connectivity index (χ0) is 17.2. The summed E-state index contributed by atoms with van der Waals surface area (Å²) in [6.07, 6.45) is 6.77. The van der Waals surface area contributed by atoms with Gasteiger partial charge in [0, 0.05) is 12.6 Å². The van der Waals surface area contributed by atoms with E-state index in [1.807, 2.05) is 12.1 Å². The summed E-state index contributed by atoms with van der Waals surface area (Å²) in [5, 5.41) is 7.16. The van der Waals surface area contributed by atoms with Crippen molar-refractivity contribution in [3.63, 3.8) is 0 Å². The molecule has 3 atom stereocenters. The second-order valence-electron chi connectivity index (χ2n) is 7.25. The molecule has 3 unspecified atom stereocenters. The summed E-state index contributed by atoms with van der Waals surface area (Å²) in [4.78, 5) is 12.4. The highest BCUT2D eigenvalue weighted by atomic mass is 35.5. The van der Waals surface area contributed by atoms with Crippen molar-refractivity contribution in [3.8, 4) is 11.5 Å². The van der Waals surface area contributed by atoms with Crippen LogP contribution in [0, 0.1) is 5.92 Å². The molecular weight excluding hydrogens is 340 g/mol. The van der Waals surface area contributed by atoms with Gasteiger partial charge in [-0.2, -0.15) is 0 Å². The van der Waals surface area contributed by atoms with E-state index in [2.05, 4.69) is 10.6 Å². The van der Waals surface area contributed by atoms with Crippen molar-refractivity contribution in [2.45, 2.75) is 50.6 Å². The first-order chi connectivity index (χ1) is 12.2. The average Bonchev–Trinajstić information content (AvgIpc) is 3.06. The number of ether oxygens (including phenoxy) is 2. The van der Waals surface area contributed by atoms with E-state index in [-0.39, 0.29) is 11.9 Å². The van der Waals surface area contributed by atoms with E-state index in [1.165, 1.54) is 25.7 Å². The lowest BCUT2D eigenvalue weighted by Gasteiger charge is -2.24. The van der Waals surface area contributed by atoms with Crippen molar-refractivity contribution >= 4 is 17.5 Å². The van der Waals surface area contributed by atoms with Gasteiger partial charge in [-0.25, -0.2) is 0 Å². The Kier molecular flexibility index (Phi) is 5.04. The smallest absolute Gasteiger partial charge is 0.237 e. The third kappa shape index (κ3) is 3.72. The molecule has 1 amide bonds. The second-order valence-corrected chi connectivity index (χ2v) is 7.66. The number of fused-ring (bicyclic) bond motifs is 2. The molecule has 5 nitrogen and oxygen atoms in total. The van der Waals surface area contributed by atoms with Gasteiger partial charge in [0.25, 0.3) is 0 Å². The van der Waals surface area contributed by atoms with Crippen molar-refractivity contribution in [1.82, 2.24) is 10.6 Å². The predicted octanol–water partition coefficient (Wildman–Crippen LogP) is 2.69. The monoisotopic (exact) mass is 364 g/mol. The van der Waals surface area contributed by atoms with Crippen LogP contribution < -0.4 is 20.1 Å². The van der Waals surface area contributed by atoms with Gasteiger partial charge in [-0.3, -0.25) is 4.79 Å². The van der Waals surface area contributed by atoms with Crippen molar-refractivity contribution in [3.05, 3.63) is 22.7 Å². The molecule has 25 heavy (non-hydrogen) atoms. The Morgan fingerprint density at radius 1 is 1.24 bits per heavy atom. The third-order valence-corrected chi connectivity index (χ3v) is 5.83. The van der Waals surface area contributed by atoms with Gasteiger partial charge in [-0.1, -0.05) is 24.4 Å². The number of carbonyl (C=O) groups is 1. The van der Waals surface area contributed by atoms with Crippen molar-refractivity contribution in [2.24, 2.45) is 5.92 Å². The van der Waals surface area contributed by atoms with Crippen LogP contribution >= 0.6 is 11.6 Å². The Morgan fingerprint density at radius 3 is 2.96 bits per heavy atom. The molecule has 0 spiro atoms. The molecule has 1 saturated carbocycles. The molecule has 2 heterocycles. The van der Waals surface area contributed by atoms with E-state index in [9.17, 15) is 4.79 Å². The molecule has 6 heteroatoms. The van der Waals surface area contributed by atoms with E-state index in [0.717, 1.165) is 18.4 Å². The Labute approximate surface area is 153 Å². The Morgan fingerprint density at radius 2 is 2.08 bits per heavy atom. The SMILES string of the molecule is O=C(NCCc1cc(Cl)c2c(c1)OCCO2)C1CC2CCCCC2N1. The minimum absolute atomic E-state index is 0.0306. The van der Waals surface area contributed by atoms with Gasteiger partial charge < -0.3 is 20.1 Å². The van der Waals surface area contributed by atoms with E-state index in [4.69, 9.17) is 21.1 Å². The number of nitrogens with one attached hydrogen (secondary N) is 2. The van der Waals surface area contributed by atoms with Crippen LogP contribution in [0.4, 0.5) is 0 Å². The molecule has 2 aliphatic heterocycles. The largest absolute Gasteiger partial charge is 0.486 e. The van der Waals surface area contributed by atoms with Crippen molar-refractivity contribution in [2.75, 3.05) is 19.8 Å². The first-order valence-electron chi connectivity index (χ1n) is 9.32.